The Labute approximate surface area is 112 Å². The highest BCUT2D eigenvalue weighted by Gasteiger charge is 2.32. The minimum atomic E-state index is -0.554. The van der Waals surface area contributed by atoms with E-state index in [-0.39, 0.29) is 12.1 Å². The van der Waals surface area contributed by atoms with Gasteiger partial charge in [-0.3, -0.25) is 0 Å². The molecule has 1 unspecified atom stereocenters. The first-order valence-electron chi connectivity index (χ1n) is 6.13. The molecule has 1 aliphatic heterocycles. The van der Waals surface area contributed by atoms with Gasteiger partial charge in [-0.15, -0.1) is 0 Å². The summed E-state index contributed by atoms with van der Waals surface area (Å²) < 4.78 is 21.3. The number of ether oxygens (including phenoxy) is 4. The fraction of sp³-hybridized carbons (Fsp3) is 0.500. The van der Waals surface area contributed by atoms with Crippen molar-refractivity contribution in [2.24, 2.45) is 0 Å². The van der Waals surface area contributed by atoms with Crippen LogP contribution < -0.4 is 4.74 Å². The third-order valence-corrected chi connectivity index (χ3v) is 2.76. The average Bonchev–Trinajstić information content (AvgIpc) is 2.75. The molecule has 1 aliphatic rings. The van der Waals surface area contributed by atoms with Crippen molar-refractivity contribution in [3.8, 4) is 5.75 Å². The van der Waals surface area contributed by atoms with Gasteiger partial charge in [0.15, 0.2) is 5.79 Å². The molecule has 0 N–H and O–H groups in total. The van der Waals surface area contributed by atoms with Gasteiger partial charge in [-0.25, -0.2) is 4.79 Å². The van der Waals surface area contributed by atoms with E-state index in [2.05, 4.69) is 4.74 Å². The predicted molar refractivity (Wildman–Crippen MR) is 68.2 cm³/mol. The number of hydrogen-bond acceptors (Lipinski definition) is 5. The molecule has 0 bridgehead atoms. The summed E-state index contributed by atoms with van der Waals surface area (Å²) in [5, 5.41) is 0. The molecular weight excluding hydrogens is 248 g/mol. The molecule has 104 valence electrons. The molecule has 1 atom stereocenters. The van der Waals surface area contributed by atoms with Crippen LogP contribution in [0.1, 0.15) is 24.2 Å². The smallest absolute Gasteiger partial charge is 0.337 e. The highest BCUT2D eigenvalue weighted by atomic mass is 16.7. The molecule has 5 heteroatoms. The number of methoxy groups -OCH3 is 1. The van der Waals surface area contributed by atoms with Gasteiger partial charge in [0, 0.05) is 0 Å². The number of rotatable bonds is 4. The van der Waals surface area contributed by atoms with Crippen LogP contribution >= 0.6 is 0 Å². The minimum absolute atomic E-state index is 0.100. The van der Waals surface area contributed by atoms with E-state index in [4.69, 9.17) is 14.2 Å². The van der Waals surface area contributed by atoms with Gasteiger partial charge in [0.1, 0.15) is 18.5 Å². The highest BCUT2D eigenvalue weighted by molar-refractivity contribution is 5.89. The van der Waals surface area contributed by atoms with Gasteiger partial charge in [0.2, 0.25) is 0 Å². The number of carbonyl (C=O) groups is 1. The summed E-state index contributed by atoms with van der Waals surface area (Å²) in [5.74, 6) is -0.328. The van der Waals surface area contributed by atoms with Crippen LogP contribution in [0.4, 0.5) is 0 Å². The van der Waals surface area contributed by atoms with Crippen molar-refractivity contribution in [2.45, 2.75) is 25.7 Å². The minimum Gasteiger partial charge on any atom is -0.491 e. The third kappa shape index (κ3) is 3.68. The van der Waals surface area contributed by atoms with E-state index in [1.54, 1.807) is 24.3 Å². The molecule has 0 aliphatic carbocycles. The molecule has 0 spiro atoms. The Morgan fingerprint density at radius 2 is 2.26 bits per heavy atom. The van der Waals surface area contributed by atoms with E-state index in [1.165, 1.54) is 7.11 Å². The Kier molecular flexibility index (Phi) is 4.07. The largest absolute Gasteiger partial charge is 0.491 e. The Morgan fingerprint density at radius 3 is 2.89 bits per heavy atom. The van der Waals surface area contributed by atoms with Crippen molar-refractivity contribution < 1.29 is 23.7 Å². The van der Waals surface area contributed by atoms with Crippen LogP contribution in [0, 0.1) is 0 Å². The lowest BCUT2D eigenvalue weighted by atomic mass is 10.2. The molecule has 1 saturated heterocycles. The van der Waals surface area contributed by atoms with E-state index >= 15 is 0 Å². The Morgan fingerprint density at radius 1 is 1.47 bits per heavy atom. The second-order valence-corrected chi connectivity index (χ2v) is 4.78. The van der Waals surface area contributed by atoms with E-state index in [0.29, 0.717) is 24.5 Å². The van der Waals surface area contributed by atoms with E-state index in [1.807, 2.05) is 13.8 Å². The summed E-state index contributed by atoms with van der Waals surface area (Å²) >= 11 is 0. The monoisotopic (exact) mass is 266 g/mol. The first-order chi connectivity index (χ1) is 9.00. The highest BCUT2D eigenvalue weighted by Crippen LogP contribution is 2.23. The Hall–Kier alpha value is -1.59. The first-order valence-corrected chi connectivity index (χ1v) is 6.13. The standard InChI is InChI=1S/C14H18O5/c1-14(2)18-9-12(19-14)8-17-11-6-4-5-10(7-11)13(15)16-3/h4-7,12H,8-9H2,1-3H3. The molecule has 1 heterocycles. The van der Waals surface area contributed by atoms with Gasteiger partial charge >= 0.3 is 5.97 Å². The zero-order chi connectivity index (χ0) is 13.9. The first kappa shape index (κ1) is 13.8. The van der Waals surface area contributed by atoms with Gasteiger partial charge < -0.3 is 18.9 Å². The SMILES string of the molecule is COC(=O)c1cccc(OCC2COC(C)(C)O2)c1. The lowest BCUT2D eigenvalue weighted by Gasteiger charge is -2.17. The van der Waals surface area contributed by atoms with Gasteiger partial charge in [-0.1, -0.05) is 6.07 Å². The van der Waals surface area contributed by atoms with Crippen LogP contribution in [0.25, 0.3) is 0 Å². The van der Waals surface area contributed by atoms with Gasteiger partial charge in [-0.2, -0.15) is 0 Å². The zero-order valence-corrected chi connectivity index (χ0v) is 11.3. The molecule has 0 radical (unpaired) electrons. The third-order valence-electron chi connectivity index (χ3n) is 2.76. The van der Waals surface area contributed by atoms with Crippen molar-refractivity contribution in [2.75, 3.05) is 20.3 Å². The molecule has 5 nitrogen and oxygen atoms in total. The lowest BCUT2D eigenvalue weighted by Crippen LogP contribution is -2.25. The van der Waals surface area contributed by atoms with Crippen LogP contribution in [0.3, 0.4) is 0 Å². The zero-order valence-electron chi connectivity index (χ0n) is 11.3. The second-order valence-electron chi connectivity index (χ2n) is 4.78. The molecule has 0 amide bonds. The van der Waals surface area contributed by atoms with Crippen LogP contribution in [-0.4, -0.2) is 38.2 Å². The number of esters is 1. The van der Waals surface area contributed by atoms with Gasteiger partial charge in [-0.05, 0) is 32.0 Å². The second kappa shape index (κ2) is 5.59. The fourth-order valence-corrected chi connectivity index (χ4v) is 1.87. The average molecular weight is 266 g/mol. The molecular formula is C14H18O5. The van der Waals surface area contributed by atoms with Crippen LogP contribution in [-0.2, 0) is 14.2 Å². The number of carbonyl (C=O) groups excluding carboxylic acids is 1. The van der Waals surface area contributed by atoms with Crippen LogP contribution in [0.5, 0.6) is 5.75 Å². The summed E-state index contributed by atoms with van der Waals surface area (Å²) in [6.45, 7) is 4.62. The number of hydrogen-bond donors (Lipinski definition) is 0. The molecule has 0 saturated carbocycles. The van der Waals surface area contributed by atoms with Crippen LogP contribution in [0.15, 0.2) is 24.3 Å². The molecule has 1 aromatic carbocycles. The normalized spacial score (nSPS) is 21.1. The number of benzene rings is 1. The maximum atomic E-state index is 11.4. The van der Waals surface area contributed by atoms with Crippen LogP contribution in [0.2, 0.25) is 0 Å². The topological polar surface area (TPSA) is 54.0 Å². The lowest BCUT2D eigenvalue weighted by molar-refractivity contribution is -0.141. The Balaban J connectivity index is 1.91. The maximum absolute atomic E-state index is 11.4. The quantitative estimate of drug-likeness (QED) is 0.780. The maximum Gasteiger partial charge on any atom is 0.337 e. The summed E-state index contributed by atoms with van der Waals surface area (Å²) in [4.78, 5) is 11.4. The van der Waals surface area contributed by atoms with Crippen molar-refractivity contribution in [3.63, 3.8) is 0 Å². The van der Waals surface area contributed by atoms with Gasteiger partial charge in [0.05, 0.1) is 19.3 Å². The molecule has 1 aromatic rings. The van der Waals surface area contributed by atoms with Crippen molar-refractivity contribution in [1.29, 1.82) is 0 Å². The van der Waals surface area contributed by atoms with E-state index in [0.717, 1.165) is 0 Å². The summed E-state index contributed by atoms with van der Waals surface area (Å²) in [6.07, 6.45) is -0.100. The predicted octanol–water partition coefficient (Wildman–Crippen LogP) is 2.00. The van der Waals surface area contributed by atoms with Crippen molar-refractivity contribution >= 4 is 5.97 Å². The molecule has 19 heavy (non-hydrogen) atoms. The molecule has 1 fully saturated rings. The fourth-order valence-electron chi connectivity index (χ4n) is 1.87. The summed E-state index contributed by atoms with van der Waals surface area (Å²) in [6, 6.07) is 6.86. The van der Waals surface area contributed by atoms with Crippen molar-refractivity contribution in [3.05, 3.63) is 29.8 Å². The van der Waals surface area contributed by atoms with Crippen molar-refractivity contribution in [1.82, 2.24) is 0 Å². The van der Waals surface area contributed by atoms with E-state index in [9.17, 15) is 4.79 Å². The summed E-state index contributed by atoms with van der Waals surface area (Å²) in [7, 11) is 1.35. The van der Waals surface area contributed by atoms with E-state index < -0.39 is 5.79 Å². The Bertz CT molecular complexity index is 455. The molecule has 0 aromatic heterocycles. The van der Waals surface area contributed by atoms with Gasteiger partial charge in [0.25, 0.3) is 0 Å². The summed E-state index contributed by atoms with van der Waals surface area (Å²) in [5.41, 5.74) is 0.462. The molecule has 2 rings (SSSR count).